The van der Waals surface area contributed by atoms with Crippen LogP contribution in [0.4, 0.5) is 0 Å². The lowest BCUT2D eigenvalue weighted by molar-refractivity contribution is -0.117. The number of hydrogen-bond donors (Lipinski definition) is 1. The molecule has 0 unspecified atom stereocenters. The van der Waals surface area contributed by atoms with Gasteiger partial charge in [0.1, 0.15) is 0 Å². The van der Waals surface area contributed by atoms with Crippen LogP contribution in [0.3, 0.4) is 0 Å². The van der Waals surface area contributed by atoms with Crippen molar-refractivity contribution in [2.24, 2.45) is 0 Å². The van der Waals surface area contributed by atoms with E-state index >= 15 is 0 Å². The number of nitrogens with one attached hydrogen (secondary N) is 1. The van der Waals surface area contributed by atoms with E-state index in [0.717, 1.165) is 5.56 Å². The molecule has 16 heavy (non-hydrogen) atoms. The summed E-state index contributed by atoms with van der Waals surface area (Å²) in [7, 11) is 0. The normalized spacial score (nSPS) is 11.8. The van der Waals surface area contributed by atoms with E-state index in [0.29, 0.717) is 5.02 Å². The summed E-state index contributed by atoms with van der Waals surface area (Å²) in [5.41, 5.74) is 0.621. The number of hydrogen-bond acceptors (Lipinski definition) is 1. The molecule has 1 aromatic rings. The minimum Gasteiger partial charge on any atom is -0.348 e. The molecule has 0 saturated heterocycles. The van der Waals surface area contributed by atoms with Crippen LogP contribution in [0.1, 0.15) is 26.3 Å². The van der Waals surface area contributed by atoms with Crippen molar-refractivity contribution in [1.82, 2.24) is 5.32 Å². The van der Waals surface area contributed by atoms with Crippen LogP contribution in [0, 0.1) is 0 Å². The van der Waals surface area contributed by atoms with E-state index in [9.17, 15) is 4.79 Å². The predicted molar refractivity (Wildman–Crippen MR) is 68.4 cm³/mol. The number of carbonyl (C=O) groups is 1. The van der Waals surface area contributed by atoms with Crippen molar-refractivity contribution in [3.8, 4) is 0 Å². The van der Waals surface area contributed by atoms with E-state index in [1.54, 1.807) is 12.1 Å². The van der Waals surface area contributed by atoms with Crippen molar-refractivity contribution in [1.29, 1.82) is 0 Å². The van der Waals surface area contributed by atoms with Gasteiger partial charge in [-0.25, -0.2) is 0 Å². The molecule has 1 rings (SSSR count). The topological polar surface area (TPSA) is 29.1 Å². The van der Waals surface area contributed by atoms with Gasteiger partial charge in [0.2, 0.25) is 5.91 Å². The first kappa shape index (κ1) is 12.8. The molecule has 0 aliphatic rings. The highest BCUT2D eigenvalue weighted by Gasteiger charge is 2.11. The molecule has 0 fully saturated rings. The molecule has 1 amide bonds. The monoisotopic (exact) mass is 237 g/mol. The van der Waals surface area contributed by atoms with Crippen LogP contribution in [0.5, 0.6) is 0 Å². The minimum atomic E-state index is -0.220. The Hall–Kier alpha value is -1.28. The van der Waals surface area contributed by atoms with Crippen molar-refractivity contribution < 1.29 is 4.79 Å². The Kier molecular flexibility index (Phi) is 4.13. The number of amides is 1. The third kappa shape index (κ3) is 4.49. The fourth-order valence-electron chi connectivity index (χ4n) is 1.19. The van der Waals surface area contributed by atoms with Gasteiger partial charge in [-0.05, 0) is 38.5 Å². The second-order valence-corrected chi connectivity index (χ2v) is 5.00. The Labute approximate surface area is 101 Å². The molecule has 0 spiro atoms. The van der Waals surface area contributed by atoms with Gasteiger partial charge in [-0.3, -0.25) is 4.79 Å². The van der Waals surface area contributed by atoms with Gasteiger partial charge >= 0.3 is 0 Å². The molecular formula is C13H16ClNO. The Balaban J connectivity index is 2.68. The quantitative estimate of drug-likeness (QED) is 0.786. The molecule has 0 radical (unpaired) electrons. The van der Waals surface area contributed by atoms with Gasteiger partial charge in [-0.2, -0.15) is 0 Å². The fraction of sp³-hybridized carbons (Fsp3) is 0.308. The molecule has 0 aliphatic carbocycles. The zero-order valence-electron chi connectivity index (χ0n) is 9.75. The molecule has 2 nitrogen and oxygen atoms in total. The molecule has 0 aromatic heterocycles. The third-order valence-corrected chi connectivity index (χ3v) is 2.16. The van der Waals surface area contributed by atoms with Crippen LogP contribution < -0.4 is 5.32 Å². The number of carbonyl (C=O) groups excluding carboxylic acids is 1. The highest BCUT2D eigenvalue weighted by Crippen LogP contribution is 2.16. The lowest BCUT2D eigenvalue weighted by Crippen LogP contribution is -2.39. The average Bonchev–Trinajstić information content (AvgIpc) is 2.14. The van der Waals surface area contributed by atoms with Crippen LogP contribution >= 0.6 is 11.6 Å². The van der Waals surface area contributed by atoms with Crippen LogP contribution in [0.15, 0.2) is 30.3 Å². The van der Waals surface area contributed by atoms with Gasteiger partial charge in [0, 0.05) is 16.6 Å². The fourth-order valence-corrected chi connectivity index (χ4v) is 1.39. The predicted octanol–water partition coefficient (Wildman–Crippen LogP) is 3.27. The SMILES string of the molecule is CC(C)(C)NC(=O)/C=C/c1ccccc1Cl. The molecule has 1 N–H and O–H groups in total. The van der Waals surface area contributed by atoms with E-state index in [4.69, 9.17) is 11.6 Å². The van der Waals surface area contributed by atoms with Crippen molar-refractivity contribution >= 4 is 23.6 Å². The van der Waals surface area contributed by atoms with E-state index in [1.807, 2.05) is 39.0 Å². The molecule has 0 bridgehead atoms. The van der Waals surface area contributed by atoms with Crippen molar-refractivity contribution in [3.63, 3.8) is 0 Å². The van der Waals surface area contributed by atoms with Crippen LogP contribution in [-0.2, 0) is 4.79 Å². The molecular weight excluding hydrogens is 222 g/mol. The van der Waals surface area contributed by atoms with Gasteiger partial charge in [0.05, 0.1) is 0 Å². The standard InChI is InChI=1S/C13H16ClNO/c1-13(2,3)15-12(16)9-8-10-6-4-5-7-11(10)14/h4-9H,1-3H3,(H,15,16)/b9-8+. The maximum Gasteiger partial charge on any atom is 0.244 e. The van der Waals surface area contributed by atoms with Crippen LogP contribution in [-0.4, -0.2) is 11.4 Å². The molecule has 0 atom stereocenters. The van der Waals surface area contributed by atoms with E-state index in [1.165, 1.54) is 6.08 Å². The zero-order valence-corrected chi connectivity index (χ0v) is 10.5. The van der Waals surface area contributed by atoms with Gasteiger partial charge in [0.25, 0.3) is 0 Å². The average molecular weight is 238 g/mol. The van der Waals surface area contributed by atoms with Gasteiger partial charge in [-0.1, -0.05) is 29.8 Å². The van der Waals surface area contributed by atoms with E-state index < -0.39 is 0 Å². The van der Waals surface area contributed by atoms with Gasteiger partial charge in [0.15, 0.2) is 0 Å². The second kappa shape index (κ2) is 5.17. The minimum absolute atomic E-state index is 0.118. The highest BCUT2D eigenvalue weighted by atomic mass is 35.5. The molecule has 0 saturated carbocycles. The maximum absolute atomic E-state index is 11.5. The summed E-state index contributed by atoms with van der Waals surface area (Å²) in [6.45, 7) is 5.82. The third-order valence-electron chi connectivity index (χ3n) is 1.82. The first-order valence-electron chi connectivity index (χ1n) is 5.13. The summed E-state index contributed by atoms with van der Waals surface area (Å²) in [4.78, 5) is 11.5. The summed E-state index contributed by atoms with van der Waals surface area (Å²) < 4.78 is 0. The summed E-state index contributed by atoms with van der Waals surface area (Å²) in [6.07, 6.45) is 3.20. The van der Waals surface area contributed by atoms with Crippen molar-refractivity contribution in [2.75, 3.05) is 0 Å². The van der Waals surface area contributed by atoms with E-state index in [-0.39, 0.29) is 11.4 Å². The lowest BCUT2D eigenvalue weighted by atomic mass is 10.1. The Morgan fingerprint density at radius 3 is 2.50 bits per heavy atom. The number of rotatable bonds is 2. The van der Waals surface area contributed by atoms with Crippen molar-refractivity contribution in [3.05, 3.63) is 40.9 Å². The van der Waals surface area contributed by atoms with Crippen LogP contribution in [0.2, 0.25) is 5.02 Å². The summed E-state index contributed by atoms with van der Waals surface area (Å²) >= 11 is 5.96. The zero-order chi connectivity index (χ0) is 12.2. The van der Waals surface area contributed by atoms with Gasteiger partial charge in [-0.15, -0.1) is 0 Å². The first-order chi connectivity index (χ1) is 7.38. The summed E-state index contributed by atoms with van der Waals surface area (Å²) in [6, 6.07) is 7.40. The molecule has 0 aliphatic heterocycles. The number of halogens is 1. The Bertz CT molecular complexity index is 405. The Morgan fingerprint density at radius 2 is 1.94 bits per heavy atom. The first-order valence-corrected chi connectivity index (χ1v) is 5.51. The Morgan fingerprint density at radius 1 is 1.31 bits per heavy atom. The van der Waals surface area contributed by atoms with Crippen molar-refractivity contribution in [2.45, 2.75) is 26.3 Å². The highest BCUT2D eigenvalue weighted by molar-refractivity contribution is 6.32. The second-order valence-electron chi connectivity index (χ2n) is 4.59. The maximum atomic E-state index is 11.5. The lowest BCUT2D eigenvalue weighted by Gasteiger charge is -2.18. The molecule has 1 aromatic carbocycles. The summed E-state index contributed by atoms with van der Waals surface area (Å²) in [5.74, 6) is -0.118. The van der Waals surface area contributed by atoms with E-state index in [2.05, 4.69) is 5.32 Å². The molecule has 86 valence electrons. The largest absolute Gasteiger partial charge is 0.348 e. The molecule has 3 heteroatoms. The number of benzene rings is 1. The summed E-state index contributed by atoms with van der Waals surface area (Å²) in [5, 5.41) is 3.48. The van der Waals surface area contributed by atoms with Gasteiger partial charge < -0.3 is 5.32 Å². The molecule has 0 heterocycles. The van der Waals surface area contributed by atoms with Crippen LogP contribution in [0.25, 0.3) is 6.08 Å². The smallest absolute Gasteiger partial charge is 0.244 e.